The second-order valence-electron chi connectivity index (χ2n) is 10.1. The third-order valence-electron chi connectivity index (χ3n) is 6.55. The first-order valence-corrected chi connectivity index (χ1v) is 13.4. The number of carbonyl (C=O) groups excluding carboxylic acids is 1. The molecule has 0 saturated carbocycles. The SMILES string of the molecule is COc1ccc(CO[C@H]2CC(=O)/C=C\C[C@H](O[Si](C)(C)C(C)(C)C)C2(C)C)cc1. The molecule has 0 fully saturated rings. The third-order valence-corrected chi connectivity index (χ3v) is 11.0. The van der Waals surface area contributed by atoms with Gasteiger partial charge >= 0.3 is 0 Å². The Morgan fingerprint density at radius 1 is 1.10 bits per heavy atom. The zero-order valence-corrected chi connectivity index (χ0v) is 20.4. The molecule has 0 unspecified atom stereocenters. The summed E-state index contributed by atoms with van der Waals surface area (Å²) in [6.07, 6.45) is 4.57. The predicted octanol–water partition coefficient (Wildman–Crippen LogP) is 5.92. The van der Waals surface area contributed by atoms with Gasteiger partial charge in [-0.15, -0.1) is 0 Å². The van der Waals surface area contributed by atoms with Gasteiger partial charge in [-0.3, -0.25) is 4.79 Å². The molecule has 162 valence electrons. The Kier molecular flexibility index (Phi) is 7.52. The maximum Gasteiger partial charge on any atom is 0.192 e. The molecule has 0 spiro atoms. The quantitative estimate of drug-likeness (QED) is 0.538. The summed E-state index contributed by atoms with van der Waals surface area (Å²) < 4.78 is 18.4. The lowest BCUT2D eigenvalue weighted by atomic mass is 9.76. The highest BCUT2D eigenvalue weighted by molar-refractivity contribution is 6.74. The molecule has 1 aliphatic rings. The third kappa shape index (κ3) is 6.03. The van der Waals surface area contributed by atoms with Crippen LogP contribution in [0, 0.1) is 5.41 Å². The molecule has 0 radical (unpaired) electrons. The van der Waals surface area contributed by atoms with Crippen LogP contribution in [-0.2, 0) is 20.6 Å². The number of rotatable bonds is 6. The summed E-state index contributed by atoms with van der Waals surface area (Å²) in [5.74, 6) is 0.937. The molecule has 0 heterocycles. The molecular weight excluding hydrogens is 380 g/mol. The van der Waals surface area contributed by atoms with E-state index >= 15 is 0 Å². The number of allylic oxidation sites excluding steroid dienone is 1. The minimum atomic E-state index is -1.95. The van der Waals surface area contributed by atoms with E-state index in [1.807, 2.05) is 30.3 Å². The molecule has 29 heavy (non-hydrogen) atoms. The van der Waals surface area contributed by atoms with Crippen LogP contribution < -0.4 is 4.74 Å². The number of benzene rings is 1. The number of methoxy groups -OCH3 is 1. The lowest BCUT2D eigenvalue weighted by molar-refractivity contribution is -0.127. The Morgan fingerprint density at radius 3 is 2.28 bits per heavy atom. The van der Waals surface area contributed by atoms with Crippen LogP contribution in [0.25, 0.3) is 0 Å². The molecule has 0 aromatic heterocycles. The Bertz CT molecular complexity index is 713. The van der Waals surface area contributed by atoms with Crippen LogP contribution in [0.5, 0.6) is 5.75 Å². The van der Waals surface area contributed by atoms with E-state index in [2.05, 4.69) is 47.7 Å². The molecule has 2 rings (SSSR count). The maximum atomic E-state index is 12.4. The van der Waals surface area contributed by atoms with Crippen molar-refractivity contribution < 1.29 is 18.7 Å². The average molecular weight is 419 g/mol. The van der Waals surface area contributed by atoms with Crippen molar-refractivity contribution in [3.05, 3.63) is 42.0 Å². The van der Waals surface area contributed by atoms with Gasteiger partial charge in [0.25, 0.3) is 0 Å². The molecule has 2 atom stereocenters. The van der Waals surface area contributed by atoms with Crippen LogP contribution in [-0.4, -0.2) is 33.4 Å². The topological polar surface area (TPSA) is 44.8 Å². The summed E-state index contributed by atoms with van der Waals surface area (Å²) in [6, 6.07) is 7.86. The molecule has 5 heteroatoms. The van der Waals surface area contributed by atoms with Crippen LogP contribution in [0.4, 0.5) is 0 Å². The van der Waals surface area contributed by atoms with E-state index < -0.39 is 8.32 Å². The second-order valence-corrected chi connectivity index (χ2v) is 14.9. The molecule has 1 aliphatic carbocycles. The molecule has 0 aliphatic heterocycles. The number of carbonyl (C=O) groups is 1. The first-order chi connectivity index (χ1) is 13.4. The van der Waals surface area contributed by atoms with E-state index in [0.29, 0.717) is 13.0 Å². The maximum absolute atomic E-state index is 12.4. The highest BCUT2D eigenvalue weighted by Crippen LogP contribution is 2.43. The van der Waals surface area contributed by atoms with E-state index in [0.717, 1.165) is 17.7 Å². The van der Waals surface area contributed by atoms with E-state index in [1.54, 1.807) is 13.2 Å². The number of hydrogen-bond acceptors (Lipinski definition) is 4. The Balaban J connectivity index is 2.21. The summed E-state index contributed by atoms with van der Waals surface area (Å²) >= 11 is 0. The molecule has 0 bridgehead atoms. The molecule has 0 N–H and O–H groups in total. The van der Waals surface area contributed by atoms with E-state index in [1.165, 1.54) is 0 Å². The summed E-state index contributed by atoms with van der Waals surface area (Å²) in [7, 11) is -0.295. The van der Waals surface area contributed by atoms with Crippen molar-refractivity contribution in [3.8, 4) is 5.75 Å². The fourth-order valence-corrected chi connectivity index (χ4v) is 4.74. The molecule has 1 aromatic carbocycles. The van der Waals surface area contributed by atoms with Gasteiger partial charge in [-0.1, -0.05) is 52.8 Å². The monoisotopic (exact) mass is 418 g/mol. The van der Waals surface area contributed by atoms with Gasteiger partial charge in [-0.05, 0) is 48.3 Å². The van der Waals surface area contributed by atoms with Crippen molar-refractivity contribution in [3.63, 3.8) is 0 Å². The Hall–Kier alpha value is -1.43. The summed E-state index contributed by atoms with van der Waals surface area (Å²) in [6.45, 7) is 16.1. The second kappa shape index (κ2) is 9.15. The first-order valence-electron chi connectivity index (χ1n) is 10.5. The van der Waals surface area contributed by atoms with Crippen molar-refractivity contribution >= 4 is 14.1 Å². The Labute approximate surface area is 177 Å². The largest absolute Gasteiger partial charge is 0.497 e. The van der Waals surface area contributed by atoms with Gasteiger partial charge in [0.15, 0.2) is 14.1 Å². The fraction of sp³-hybridized carbons (Fsp3) is 0.625. The first kappa shape index (κ1) is 23.8. The summed E-state index contributed by atoms with van der Waals surface area (Å²) in [5, 5.41) is 0.129. The van der Waals surface area contributed by atoms with Crippen LogP contribution in [0.15, 0.2) is 36.4 Å². The minimum absolute atomic E-state index is 0.00797. The predicted molar refractivity (Wildman–Crippen MR) is 121 cm³/mol. The summed E-state index contributed by atoms with van der Waals surface area (Å²) in [4.78, 5) is 12.4. The normalized spacial score (nSPS) is 23.9. The van der Waals surface area contributed by atoms with Crippen LogP contribution in [0.1, 0.15) is 53.0 Å². The van der Waals surface area contributed by atoms with Gasteiger partial charge in [-0.25, -0.2) is 0 Å². The molecule has 0 amide bonds. The van der Waals surface area contributed by atoms with E-state index in [-0.39, 0.29) is 28.4 Å². The van der Waals surface area contributed by atoms with Gasteiger partial charge < -0.3 is 13.9 Å². The van der Waals surface area contributed by atoms with Crippen molar-refractivity contribution in [2.45, 2.75) is 84.4 Å². The number of hydrogen-bond donors (Lipinski definition) is 0. The zero-order chi connectivity index (χ0) is 21.9. The highest BCUT2D eigenvalue weighted by Gasteiger charge is 2.46. The molecular formula is C24H38O4Si. The van der Waals surface area contributed by atoms with Gasteiger partial charge in [-0.2, -0.15) is 0 Å². The Morgan fingerprint density at radius 2 is 1.72 bits per heavy atom. The van der Waals surface area contributed by atoms with Crippen LogP contribution in [0.3, 0.4) is 0 Å². The van der Waals surface area contributed by atoms with Crippen LogP contribution in [0.2, 0.25) is 18.1 Å². The minimum Gasteiger partial charge on any atom is -0.497 e. The van der Waals surface area contributed by atoms with Crippen molar-refractivity contribution in [2.24, 2.45) is 5.41 Å². The molecule has 4 nitrogen and oxygen atoms in total. The van der Waals surface area contributed by atoms with Gasteiger partial charge in [0.05, 0.1) is 25.9 Å². The van der Waals surface area contributed by atoms with E-state index in [4.69, 9.17) is 13.9 Å². The zero-order valence-electron chi connectivity index (χ0n) is 19.4. The van der Waals surface area contributed by atoms with Gasteiger partial charge in [0.1, 0.15) is 5.75 Å². The smallest absolute Gasteiger partial charge is 0.192 e. The lowest BCUT2D eigenvalue weighted by Crippen LogP contribution is -2.52. The van der Waals surface area contributed by atoms with E-state index in [9.17, 15) is 4.79 Å². The van der Waals surface area contributed by atoms with Gasteiger partial charge in [0.2, 0.25) is 0 Å². The van der Waals surface area contributed by atoms with Crippen LogP contribution >= 0.6 is 0 Å². The van der Waals surface area contributed by atoms with Crippen molar-refractivity contribution in [2.75, 3.05) is 7.11 Å². The standard InChI is InChI=1S/C24H38O4Si/c1-23(2,3)29(7,8)28-21-11-9-10-19(25)16-22(24(21,4)5)27-17-18-12-14-20(26-6)15-13-18/h9-10,12-15,21-22H,11,16-17H2,1-8H3/b10-9-/t21-,22-/m0/s1. The lowest BCUT2D eigenvalue weighted by Gasteiger charge is -2.47. The average Bonchev–Trinajstić information content (AvgIpc) is 2.62. The molecule has 0 saturated heterocycles. The summed E-state index contributed by atoms with van der Waals surface area (Å²) in [5.41, 5.74) is 0.774. The number of ketones is 1. The molecule has 1 aromatic rings. The highest BCUT2D eigenvalue weighted by atomic mass is 28.4. The van der Waals surface area contributed by atoms with Crippen molar-refractivity contribution in [1.82, 2.24) is 0 Å². The van der Waals surface area contributed by atoms with Crippen molar-refractivity contribution in [1.29, 1.82) is 0 Å². The number of ether oxygens (including phenoxy) is 2. The van der Waals surface area contributed by atoms with Gasteiger partial charge in [0, 0.05) is 11.8 Å². The fourth-order valence-electron chi connectivity index (χ4n) is 3.27.